The van der Waals surface area contributed by atoms with Gasteiger partial charge in [0.2, 0.25) is 5.91 Å². The summed E-state index contributed by atoms with van der Waals surface area (Å²) >= 11 is 0.405. The normalized spacial score (nSPS) is 11.1. The van der Waals surface area contributed by atoms with E-state index in [1.165, 1.54) is 21.1 Å². The molecule has 2 rings (SSSR count). The number of aromatic nitrogens is 1. The van der Waals surface area contributed by atoms with Crippen molar-refractivity contribution in [3.63, 3.8) is 0 Å². The molecule has 0 fully saturated rings. The third-order valence-corrected chi connectivity index (χ3v) is 4.37. The van der Waals surface area contributed by atoms with Crippen molar-refractivity contribution in [1.82, 2.24) is 4.98 Å². The van der Waals surface area contributed by atoms with Gasteiger partial charge in [-0.15, -0.1) is 0 Å². The molecule has 0 radical (unpaired) electrons. The maximum atomic E-state index is 13.1. The van der Waals surface area contributed by atoms with Gasteiger partial charge in [0.1, 0.15) is 4.88 Å². The fourth-order valence-electron chi connectivity index (χ4n) is 2.24. The van der Waals surface area contributed by atoms with Crippen molar-refractivity contribution in [3.05, 3.63) is 34.3 Å². The largest absolute Gasteiger partial charge is 0.493 e. The first kappa shape index (κ1) is 21.5. The summed E-state index contributed by atoms with van der Waals surface area (Å²) in [7, 11) is 2.90. The summed E-state index contributed by atoms with van der Waals surface area (Å²) in [4.78, 5) is 26.6. The number of hydrogen-bond donors (Lipinski definition) is 1. The summed E-state index contributed by atoms with van der Waals surface area (Å²) in [6.07, 6.45) is -5.00. The zero-order valence-corrected chi connectivity index (χ0v) is 16.0. The molecule has 28 heavy (non-hydrogen) atoms. The van der Waals surface area contributed by atoms with Gasteiger partial charge in [0.25, 0.3) is 0 Å². The lowest BCUT2D eigenvalue weighted by molar-refractivity contribution is -0.141. The molecule has 0 aliphatic carbocycles. The van der Waals surface area contributed by atoms with Crippen LogP contribution in [0, 0.1) is 0 Å². The summed E-state index contributed by atoms with van der Waals surface area (Å²) in [5, 5.41) is 1.93. The van der Waals surface area contributed by atoms with Gasteiger partial charge in [-0.2, -0.15) is 13.2 Å². The SMILES string of the molecule is CCOC(=O)c1sc(NC(=O)Cc2ccc(OC)c(OC)c2)nc1C(F)(F)F. The number of hydrogen-bond acceptors (Lipinski definition) is 7. The van der Waals surface area contributed by atoms with Crippen molar-refractivity contribution in [1.29, 1.82) is 0 Å². The number of methoxy groups -OCH3 is 2. The number of halogens is 3. The summed E-state index contributed by atoms with van der Waals surface area (Å²) < 4.78 is 54.2. The minimum atomic E-state index is -4.86. The van der Waals surface area contributed by atoms with E-state index in [2.05, 4.69) is 15.0 Å². The first-order valence-corrected chi connectivity index (χ1v) is 8.77. The molecule has 2 aromatic rings. The number of alkyl halides is 3. The lowest BCUT2D eigenvalue weighted by atomic mass is 10.1. The number of nitrogens with zero attached hydrogens (tertiary/aromatic N) is 1. The fourth-order valence-corrected chi connectivity index (χ4v) is 3.14. The van der Waals surface area contributed by atoms with Crippen LogP contribution in [-0.4, -0.2) is 37.7 Å². The van der Waals surface area contributed by atoms with Crippen molar-refractivity contribution < 1.29 is 37.0 Å². The number of benzene rings is 1. The van der Waals surface area contributed by atoms with Gasteiger partial charge in [0.05, 0.1) is 27.2 Å². The molecule has 0 saturated heterocycles. The van der Waals surface area contributed by atoms with Gasteiger partial charge in [0.15, 0.2) is 22.3 Å². The molecule has 0 aliphatic heterocycles. The Labute approximate surface area is 162 Å². The van der Waals surface area contributed by atoms with E-state index in [-0.39, 0.29) is 18.2 Å². The maximum absolute atomic E-state index is 13.1. The van der Waals surface area contributed by atoms with Gasteiger partial charge in [-0.1, -0.05) is 17.4 Å². The molecule has 0 atom stereocenters. The average molecular weight is 418 g/mol. The first-order chi connectivity index (χ1) is 13.2. The lowest BCUT2D eigenvalue weighted by Crippen LogP contribution is -2.15. The Morgan fingerprint density at radius 1 is 1.18 bits per heavy atom. The maximum Gasteiger partial charge on any atom is 0.435 e. The number of esters is 1. The van der Waals surface area contributed by atoms with Crippen molar-refractivity contribution in [3.8, 4) is 11.5 Å². The van der Waals surface area contributed by atoms with Gasteiger partial charge < -0.3 is 19.5 Å². The van der Waals surface area contributed by atoms with Crippen LogP contribution in [0.3, 0.4) is 0 Å². The average Bonchev–Trinajstić information content (AvgIpc) is 3.06. The molecule has 0 spiro atoms. The second kappa shape index (κ2) is 8.91. The number of carbonyl (C=O) groups excluding carboxylic acids is 2. The highest BCUT2D eigenvalue weighted by Crippen LogP contribution is 2.36. The summed E-state index contributed by atoms with van der Waals surface area (Å²) in [6.45, 7) is 1.38. The predicted molar refractivity (Wildman–Crippen MR) is 95.0 cm³/mol. The Kier molecular flexibility index (Phi) is 6.84. The standard InChI is InChI=1S/C17H17F3N2O5S/c1-4-27-15(24)13-14(17(18,19)20)22-16(28-13)21-12(23)8-9-5-6-10(25-2)11(7-9)26-3/h5-7H,4,8H2,1-3H3,(H,21,22,23). The van der Waals surface area contributed by atoms with Crippen molar-refractivity contribution in [2.75, 3.05) is 26.1 Å². The molecule has 0 saturated carbocycles. The van der Waals surface area contributed by atoms with Gasteiger partial charge in [-0.3, -0.25) is 4.79 Å². The molecule has 0 unspecified atom stereocenters. The van der Waals surface area contributed by atoms with Crippen LogP contribution in [0.25, 0.3) is 0 Å². The van der Waals surface area contributed by atoms with E-state index < -0.39 is 28.6 Å². The molecule has 0 bridgehead atoms. The quantitative estimate of drug-likeness (QED) is 0.693. The Morgan fingerprint density at radius 2 is 1.86 bits per heavy atom. The minimum Gasteiger partial charge on any atom is -0.493 e. The summed E-state index contributed by atoms with van der Waals surface area (Å²) in [5.41, 5.74) is -0.842. The van der Waals surface area contributed by atoms with E-state index in [1.807, 2.05) is 0 Å². The molecule has 0 aliphatic rings. The highest BCUT2D eigenvalue weighted by Gasteiger charge is 2.40. The number of carbonyl (C=O) groups is 2. The zero-order chi connectivity index (χ0) is 20.9. The number of thiazole rings is 1. The lowest BCUT2D eigenvalue weighted by Gasteiger charge is -2.09. The van der Waals surface area contributed by atoms with Crippen molar-refractivity contribution in [2.45, 2.75) is 19.5 Å². The van der Waals surface area contributed by atoms with Crippen LogP contribution in [-0.2, 0) is 22.1 Å². The molecule has 11 heteroatoms. The van der Waals surface area contributed by atoms with Crippen molar-refractivity contribution in [2.24, 2.45) is 0 Å². The molecule has 1 aromatic heterocycles. The smallest absolute Gasteiger partial charge is 0.435 e. The van der Waals surface area contributed by atoms with Crippen LogP contribution in [0.15, 0.2) is 18.2 Å². The number of amides is 1. The van der Waals surface area contributed by atoms with E-state index in [1.54, 1.807) is 18.2 Å². The van der Waals surface area contributed by atoms with Gasteiger partial charge >= 0.3 is 12.1 Å². The zero-order valence-electron chi connectivity index (χ0n) is 15.2. The van der Waals surface area contributed by atoms with Crippen LogP contribution in [0.5, 0.6) is 11.5 Å². The van der Waals surface area contributed by atoms with Crippen LogP contribution < -0.4 is 14.8 Å². The number of nitrogens with one attached hydrogen (secondary N) is 1. The number of rotatable bonds is 7. The van der Waals surface area contributed by atoms with E-state index >= 15 is 0 Å². The predicted octanol–water partition coefficient (Wildman–Crippen LogP) is 3.54. The Bertz CT molecular complexity index is 867. The Morgan fingerprint density at radius 3 is 2.43 bits per heavy atom. The third kappa shape index (κ3) is 5.12. The van der Waals surface area contributed by atoms with E-state index in [9.17, 15) is 22.8 Å². The highest BCUT2D eigenvalue weighted by atomic mass is 32.1. The molecule has 7 nitrogen and oxygen atoms in total. The molecule has 1 heterocycles. The Hall–Kier alpha value is -2.82. The molecule has 152 valence electrons. The molecule has 1 N–H and O–H groups in total. The van der Waals surface area contributed by atoms with E-state index in [4.69, 9.17) is 9.47 Å². The Balaban J connectivity index is 2.19. The molecular formula is C17H17F3N2O5S. The van der Waals surface area contributed by atoms with Crippen LogP contribution >= 0.6 is 11.3 Å². The topological polar surface area (TPSA) is 86.8 Å². The van der Waals surface area contributed by atoms with Crippen LogP contribution in [0.1, 0.15) is 27.9 Å². The summed E-state index contributed by atoms with van der Waals surface area (Å²) in [6, 6.07) is 4.80. The van der Waals surface area contributed by atoms with Gasteiger partial charge in [-0.05, 0) is 24.6 Å². The van der Waals surface area contributed by atoms with E-state index in [0.717, 1.165) is 0 Å². The third-order valence-electron chi connectivity index (χ3n) is 3.42. The highest BCUT2D eigenvalue weighted by molar-refractivity contribution is 7.17. The second-order valence-corrected chi connectivity index (χ2v) is 6.33. The van der Waals surface area contributed by atoms with Crippen LogP contribution in [0.4, 0.5) is 18.3 Å². The van der Waals surface area contributed by atoms with Crippen molar-refractivity contribution >= 4 is 28.3 Å². The molecule has 1 aromatic carbocycles. The number of anilines is 1. The fraction of sp³-hybridized carbons (Fsp3) is 0.353. The van der Waals surface area contributed by atoms with Crippen LogP contribution in [0.2, 0.25) is 0 Å². The first-order valence-electron chi connectivity index (χ1n) is 7.95. The minimum absolute atomic E-state index is 0.0883. The second-order valence-electron chi connectivity index (χ2n) is 5.33. The number of ether oxygens (including phenoxy) is 3. The van der Waals surface area contributed by atoms with Gasteiger partial charge in [-0.25, -0.2) is 9.78 Å². The van der Waals surface area contributed by atoms with E-state index in [0.29, 0.717) is 28.4 Å². The monoisotopic (exact) mass is 418 g/mol. The van der Waals surface area contributed by atoms with Gasteiger partial charge in [0, 0.05) is 0 Å². The molecular weight excluding hydrogens is 401 g/mol. The summed E-state index contributed by atoms with van der Waals surface area (Å²) in [5.74, 6) is -0.871. The molecule has 1 amide bonds.